The summed E-state index contributed by atoms with van der Waals surface area (Å²) in [6, 6.07) is 11.3. The van der Waals surface area contributed by atoms with Crippen molar-refractivity contribution in [3.05, 3.63) is 51.7 Å². The van der Waals surface area contributed by atoms with Gasteiger partial charge in [-0.15, -0.1) is 11.3 Å². The summed E-state index contributed by atoms with van der Waals surface area (Å²) >= 11 is 3.63. The number of rotatable bonds is 3. The molecule has 1 fully saturated rings. The highest BCUT2D eigenvalue weighted by Crippen LogP contribution is 2.35. The Labute approximate surface area is 126 Å². The van der Waals surface area contributed by atoms with E-state index in [1.807, 2.05) is 11.3 Å². The number of aromatic nitrogens is 1. The first-order valence-corrected chi connectivity index (χ1v) is 8.77. The number of fused-ring (bicyclic) bond motifs is 1. The van der Waals surface area contributed by atoms with E-state index in [0.717, 1.165) is 12.1 Å². The molecule has 20 heavy (non-hydrogen) atoms. The molecule has 1 atom stereocenters. The van der Waals surface area contributed by atoms with E-state index in [0.29, 0.717) is 6.04 Å². The molecule has 102 valence electrons. The van der Waals surface area contributed by atoms with Gasteiger partial charge in [0.15, 0.2) is 0 Å². The molecule has 0 aliphatic carbocycles. The van der Waals surface area contributed by atoms with Crippen LogP contribution in [0.5, 0.6) is 0 Å². The molecule has 0 radical (unpaired) electrons. The van der Waals surface area contributed by atoms with Crippen molar-refractivity contribution in [1.82, 2.24) is 9.88 Å². The van der Waals surface area contributed by atoms with Crippen LogP contribution < -0.4 is 0 Å². The van der Waals surface area contributed by atoms with Gasteiger partial charge in [-0.2, -0.15) is 11.3 Å². The molecule has 4 heteroatoms. The third-order valence-electron chi connectivity index (χ3n) is 3.97. The molecule has 0 amide bonds. The Hall–Kier alpha value is -1.23. The zero-order valence-corrected chi connectivity index (χ0v) is 12.8. The lowest BCUT2D eigenvalue weighted by Gasteiger charge is -2.22. The van der Waals surface area contributed by atoms with Gasteiger partial charge in [0.25, 0.3) is 0 Å². The summed E-state index contributed by atoms with van der Waals surface area (Å²) in [7, 11) is 0. The van der Waals surface area contributed by atoms with Crippen LogP contribution >= 0.6 is 22.7 Å². The van der Waals surface area contributed by atoms with Crippen LogP contribution in [0.3, 0.4) is 0 Å². The number of nitrogens with zero attached hydrogens (tertiary/aromatic N) is 2. The second kappa shape index (κ2) is 5.28. The van der Waals surface area contributed by atoms with Crippen LogP contribution in [0.25, 0.3) is 10.2 Å². The monoisotopic (exact) mass is 300 g/mol. The third-order valence-corrected chi connectivity index (χ3v) is 5.69. The molecule has 0 N–H and O–H groups in total. The van der Waals surface area contributed by atoms with Crippen molar-refractivity contribution in [3.8, 4) is 0 Å². The molecule has 1 aliphatic heterocycles. The lowest BCUT2D eigenvalue weighted by Crippen LogP contribution is -2.22. The first kappa shape index (κ1) is 12.5. The van der Waals surface area contributed by atoms with Crippen LogP contribution in [-0.4, -0.2) is 16.4 Å². The second-order valence-corrected chi connectivity index (χ2v) is 7.16. The van der Waals surface area contributed by atoms with Gasteiger partial charge in [-0.3, -0.25) is 4.90 Å². The predicted molar refractivity (Wildman–Crippen MR) is 86.3 cm³/mol. The number of hydrogen-bond donors (Lipinski definition) is 0. The SMILES string of the molecule is c1ccc2sc(CN3CCCC3c3ccsc3)nc2c1. The fourth-order valence-electron chi connectivity index (χ4n) is 3.02. The number of thiophene rings is 1. The Balaban J connectivity index is 1.58. The minimum Gasteiger partial charge on any atom is -0.290 e. The molecule has 3 aromatic rings. The first-order chi connectivity index (χ1) is 9.90. The molecule has 0 spiro atoms. The Bertz CT molecular complexity index is 669. The normalized spacial score (nSPS) is 19.9. The van der Waals surface area contributed by atoms with Crippen molar-refractivity contribution in [1.29, 1.82) is 0 Å². The zero-order valence-electron chi connectivity index (χ0n) is 11.2. The fraction of sp³-hybridized carbons (Fsp3) is 0.312. The van der Waals surface area contributed by atoms with Gasteiger partial charge in [0.2, 0.25) is 0 Å². The lowest BCUT2D eigenvalue weighted by molar-refractivity contribution is 0.249. The van der Waals surface area contributed by atoms with Crippen LogP contribution in [-0.2, 0) is 6.54 Å². The first-order valence-electron chi connectivity index (χ1n) is 7.01. The Kier molecular flexibility index (Phi) is 3.30. The standard InChI is InChI=1S/C16H16N2S2/c1-2-6-15-13(4-1)17-16(20-15)10-18-8-3-5-14(18)12-7-9-19-11-12/h1-2,4,6-7,9,11,14H,3,5,8,10H2. The van der Waals surface area contributed by atoms with Crippen LogP contribution in [0, 0.1) is 0 Å². The van der Waals surface area contributed by atoms with Crippen LogP contribution in [0.1, 0.15) is 29.5 Å². The summed E-state index contributed by atoms with van der Waals surface area (Å²) in [5, 5.41) is 5.72. The Morgan fingerprint density at radius 3 is 3.05 bits per heavy atom. The van der Waals surface area contributed by atoms with Crippen LogP contribution in [0.4, 0.5) is 0 Å². The Morgan fingerprint density at radius 1 is 1.25 bits per heavy atom. The molecule has 1 unspecified atom stereocenters. The molecule has 1 saturated heterocycles. The van der Waals surface area contributed by atoms with Gasteiger partial charge in [-0.1, -0.05) is 12.1 Å². The van der Waals surface area contributed by atoms with E-state index in [1.165, 1.54) is 34.7 Å². The van der Waals surface area contributed by atoms with Gasteiger partial charge >= 0.3 is 0 Å². The zero-order chi connectivity index (χ0) is 13.4. The van der Waals surface area contributed by atoms with Gasteiger partial charge in [-0.25, -0.2) is 4.98 Å². The van der Waals surface area contributed by atoms with Crippen molar-refractivity contribution < 1.29 is 0 Å². The van der Waals surface area contributed by atoms with Crippen molar-refractivity contribution in [3.63, 3.8) is 0 Å². The van der Waals surface area contributed by atoms with E-state index in [2.05, 4.69) is 46.0 Å². The van der Waals surface area contributed by atoms with Crippen molar-refractivity contribution in [2.45, 2.75) is 25.4 Å². The molecule has 2 nitrogen and oxygen atoms in total. The van der Waals surface area contributed by atoms with E-state index in [1.54, 1.807) is 11.3 Å². The topological polar surface area (TPSA) is 16.1 Å². The molecule has 2 aromatic heterocycles. The fourth-order valence-corrected chi connectivity index (χ4v) is 4.72. The minimum atomic E-state index is 0.591. The van der Waals surface area contributed by atoms with Crippen molar-refractivity contribution in [2.24, 2.45) is 0 Å². The van der Waals surface area contributed by atoms with Gasteiger partial charge in [0, 0.05) is 6.04 Å². The smallest absolute Gasteiger partial charge is 0.108 e. The summed E-state index contributed by atoms with van der Waals surface area (Å²) in [5.41, 5.74) is 2.62. The summed E-state index contributed by atoms with van der Waals surface area (Å²) in [4.78, 5) is 7.35. The summed E-state index contributed by atoms with van der Waals surface area (Å²) in [5.74, 6) is 0. The lowest BCUT2D eigenvalue weighted by atomic mass is 10.1. The highest BCUT2D eigenvalue weighted by Gasteiger charge is 2.26. The number of hydrogen-bond acceptors (Lipinski definition) is 4. The molecular weight excluding hydrogens is 284 g/mol. The quantitative estimate of drug-likeness (QED) is 0.697. The van der Waals surface area contributed by atoms with Crippen LogP contribution in [0.15, 0.2) is 41.1 Å². The van der Waals surface area contributed by atoms with E-state index in [9.17, 15) is 0 Å². The van der Waals surface area contributed by atoms with Crippen molar-refractivity contribution in [2.75, 3.05) is 6.54 Å². The van der Waals surface area contributed by atoms with Gasteiger partial charge in [0.1, 0.15) is 5.01 Å². The molecular formula is C16H16N2S2. The molecule has 3 heterocycles. The van der Waals surface area contributed by atoms with E-state index in [4.69, 9.17) is 4.98 Å². The van der Waals surface area contributed by atoms with E-state index in [-0.39, 0.29) is 0 Å². The highest BCUT2D eigenvalue weighted by molar-refractivity contribution is 7.18. The maximum absolute atomic E-state index is 4.77. The molecule has 4 rings (SSSR count). The summed E-state index contributed by atoms with van der Waals surface area (Å²) < 4.78 is 1.30. The summed E-state index contributed by atoms with van der Waals surface area (Å²) in [6.07, 6.45) is 2.58. The molecule has 0 saturated carbocycles. The van der Waals surface area contributed by atoms with Crippen molar-refractivity contribution >= 4 is 32.9 Å². The maximum atomic E-state index is 4.77. The number of likely N-dealkylation sites (tertiary alicyclic amines) is 1. The molecule has 1 aliphatic rings. The largest absolute Gasteiger partial charge is 0.290 e. The average Bonchev–Trinajstić information content (AvgIpc) is 3.18. The molecule has 0 bridgehead atoms. The average molecular weight is 300 g/mol. The number of para-hydroxylation sites is 1. The van der Waals surface area contributed by atoms with Gasteiger partial charge in [0.05, 0.1) is 16.8 Å². The summed E-state index contributed by atoms with van der Waals surface area (Å²) in [6.45, 7) is 2.18. The van der Waals surface area contributed by atoms with Crippen LogP contribution in [0.2, 0.25) is 0 Å². The van der Waals surface area contributed by atoms with E-state index < -0.39 is 0 Å². The van der Waals surface area contributed by atoms with E-state index >= 15 is 0 Å². The van der Waals surface area contributed by atoms with Gasteiger partial charge in [-0.05, 0) is 53.9 Å². The number of thiazole rings is 1. The van der Waals surface area contributed by atoms with Gasteiger partial charge < -0.3 is 0 Å². The second-order valence-electron chi connectivity index (χ2n) is 5.26. The predicted octanol–water partition coefficient (Wildman–Crippen LogP) is 4.69. The Morgan fingerprint density at radius 2 is 2.20 bits per heavy atom. The third kappa shape index (κ3) is 2.28. The highest BCUT2D eigenvalue weighted by atomic mass is 32.1. The maximum Gasteiger partial charge on any atom is 0.108 e. The minimum absolute atomic E-state index is 0.591. The molecule has 1 aromatic carbocycles. The number of benzene rings is 1.